The van der Waals surface area contributed by atoms with Crippen LogP contribution >= 0.6 is 11.6 Å². The Balaban J connectivity index is 1.79. The standard InChI is InChI=1S/C14H12ClN3O2/c15-12-5-1-2-6-13(12)20-10-14(19)18-17-9-11-4-3-7-16-8-11/h1-9H,10H2,(H,18,19). The van der Waals surface area contributed by atoms with Gasteiger partial charge in [0, 0.05) is 18.0 Å². The normalized spacial score (nSPS) is 10.4. The minimum absolute atomic E-state index is 0.159. The molecular weight excluding hydrogens is 278 g/mol. The number of nitrogens with zero attached hydrogens (tertiary/aromatic N) is 2. The lowest BCUT2D eigenvalue weighted by Crippen LogP contribution is -2.24. The van der Waals surface area contributed by atoms with E-state index in [0.717, 1.165) is 5.56 Å². The minimum Gasteiger partial charge on any atom is -0.482 e. The fourth-order valence-corrected chi connectivity index (χ4v) is 1.56. The molecule has 1 aromatic carbocycles. The first-order valence-electron chi connectivity index (χ1n) is 5.85. The van der Waals surface area contributed by atoms with Gasteiger partial charge in [0.15, 0.2) is 6.61 Å². The summed E-state index contributed by atoms with van der Waals surface area (Å²) in [5.74, 6) is 0.0885. The summed E-state index contributed by atoms with van der Waals surface area (Å²) in [6, 6.07) is 10.5. The van der Waals surface area contributed by atoms with Crippen LogP contribution in [0.5, 0.6) is 5.75 Å². The first-order chi connectivity index (χ1) is 9.75. The fraction of sp³-hybridized carbons (Fsp3) is 0.0714. The summed E-state index contributed by atoms with van der Waals surface area (Å²) < 4.78 is 5.27. The zero-order valence-corrected chi connectivity index (χ0v) is 11.2. The van der Waals surface area contributed by atoms with Gasteiger partial charge in [0.1, 0.15) is 5.75 Å². The highest BCUT2D eigenvalue weighted by atomic mass is 35.5. The molecule has 1 N–H and O–H groups in total. The fourth-order valence-electron chi connectivity index (χ4n) is 1.37. The van der Waals surface area contributed by atoms with E-state index < -0.39 is 0 Å². The van der Waals surface area contributed by atoms with Gasteiger partial charge < -0.3 is 4.74 Å². The van der Waals surface area contributed by atoms with Crippen molar-refractivity contribution < 1.29 is 9.53 Å². The molecule has 102 valence electrons. The first-order valence-corrected chi connectivity index (χ1v) is 6.23. The molecule has 0 fully saturated rings. The molecule has 1 aromatic heterocycles. The number of benzene rings is 1. The molecule has 0 bridgehead atoms. The molecule has 0 aliphatic heterocycles. The topological polar surface area (TPSA) is 63.6 Å². The lowest BCUT2D eigenvalue weighted by Gasteiger charge is -2.06. The number of aromatic nitrogens is 1. The molecule has 0 saturated heterocycles. The van der Waals surface area contributed by atoms with E-state index in [0.29, 0.717) is 10.8 Å². The van der Waals surface area contributed by atoms with Crippen molar-refractivity contribution in [1.82, 2.24) is 10.4 Å². The van der Waals surface area contributed by atoms with Gasteiger partial charge in [-0.3, -0.25) is 9.78 Å². The summed E-state index contributed by atoms with van der Waals surface area (Å²) in [5, 5.41) is 4.26. The van der Waals surface area contributed by atoms with Gasteiger partial charge >= 0.3 is 0 Å². The molecule has 2 rings (SSSR count). The maximum atomic E-state index is 11.5. The first kappa shape index (κ1) is 14.0. The molecule has 0 unspecified atom stereocenters. The van der Waals surface area contributed by atoms with E-state index in [1.54, 1.807) is 42.7 Å². The quantitative estimate of drug-likeness (QED) is 0.678. The van der Waals surface area contributed by atoms with Gasteiger partial charge in [-0.2, -0.15) is 5.10 Å². The van der Waals surface area contributed by atoms with E-state index in [1.165, 1.54) is 6.21 Å². The van der Waals surface area contributed by atoms with Crippen molar-refractivity contribution in [2.75, 3.05) is 6.61 Å². The molecule has 1 amide bonds. The summed E-state index contributed by atoms with van der Waals surface area (Å²) in [6.45, 7) is -0.159. The third-order valence-electron chi connectivity index (χ3n) is 2.28. The van der Waals surface area contributed by atoms with Crippen molar-refractivity contribution in [2.24, 2.45) is 5.10 Å². The average molecular weight is 290 g/mol. The summed E-state index contributed by atoms with van der Waals surface area (Å²) in [5.41, 5.74) is 3.15. The van der Waals surface area contributed by atoms with Gasteiger partial charge in [-0.15, -0.1) is 0 Å². The summed E-state index contributed by atoms with van der Waals surface area (Å²) in [7, 11) is 0. The molecule has 5 nitrogen and oxygen atoms in total. The summed E-state index contributed by atoms with van der Waals surface area (Å²) in [6.07, 6.45) is 4.80. The molecule has 0 aliphatic rings. The van der Waals surface area contributed by atoms with Crippen LogP contribution < -0.4 is 10.2 Å². The third-order valence-corrected chi connectivity index (χ3v) is 2.59. The Morgan fingerprint density at radius 3 is 2.95 bits per heavy atom. The molecule has 0 radical (unpaired) electrons. The van der Waals surface area contributed by atoms with Crippen molar-refractivity contribution in [3.63, 3.8) is 0 Å². The van der Waals surface area contributed by atoms with Crippen LogP contribution in [0.4, 0.5) is 0 Å². The Labute approximate surface area is 121 Å². The smallest absolute Gasteiger partial charge is 0.277 e. The number of amides is 1. The monoisotopic (exact) mass is 289 g/mol. The number of carbonyl (C=O) groups is 1. The molecule has 6 heteroatoms. The Bertz CT molecular complexity index is 602. The van der Waals surface area contributed by atoms with Gasteiger partial charge in [-0.05, 0) is 18.2 Å². The van der Waals surface area contributed by atoms with Gasteiger partial charge in [0.05, 0.1) is 11.2 Å². The van der Waals surface area contributed by atoms with E-state index in [2.05, 4.69) is 15.5 Å². The van der Waals surface area contributed by atoms with E-state index in [1.807, 2.05) is 6.07 Å². The van der Waals surface area contributed by atoms with Crippen molar-refractivity contribution in [1.29, 1.82) is 0 Å². The Hall–Kier alpha value is -2.40. The van der Waals surface area contributed by atoms with Crippen molar-refractivity contribution in [3.05, 3.63) is 59.4 Å². The Morgan fingerprint density at radius 1 is 1.35 bits per heavy atom. The molecule has 0 atom stereocenters. The second kappa shape index (κ2) is 7.25. The SMILES string of the molecule is O=C(COc1ccccc1Cl)NN=Cc1cccnc1. The number of carbonyl (C=O) groups excluding carboxylic acids is 1. The maximum Gasteiger partial charge on any atom is 0.277 e. The minimum atomic E-state index is -0.370. The van der Waals surface area contributed by atoms with Gasteiger partial charge in [0.25, 0.3) is 5.91 Å². The number of hydrogen-bond donors (Lipinski definition) is 1. The van der Waals surface area contributed by atoms with Crippen LogP contribution in [0.1, 0.15) is 5.56 Å². The molecule has 1 heterocycles. The second-order valence-electron chi connectivity index (χ2n) is 3.80. The number of ether oxygens (including phenoxy) is 1. The van der Waals surface area contributed by atoms with E-state index >= 15 is 0 Å². The van der Waals surface area contributed by atoms with Crippen LogP contribution in [0.15, 0.2) is 53.9 Å². The summed E-state index contributed by atoms with van der Waals surface area (Å²) >= 11 is 5.90. The van der Waals surface area contributed by atoms with E-state index in [-0.39, 0.29) is 12.5 Å². The summed E-state index contributed by atoms with van der Waals surface area (Å²) in [4.78, 5) is 15.4. The zero-order chi connectivity index (χ0) is 14.2. The molecule has 0 spiro atoms. The van der Waals surface area contributed by atoms with Crippen molar-refractivity contribution >= 4 is 23.7 Å². The van der Waals surface area contributed by atoms with Crippen molar-refractivity contribution in [2.45, 2.75) is 0 Å². The number of rotatable bonds is 5. The average Bonchev–Trinajstić information content (AvgIpc) is 2.47. The van der Waals surface area contributed by atoms with E-state index in [4.69, 9.17) is 16.3 Å². The highest BCUT2D eigenvalue weighted by molar-refractivity contribution is 6.32. The van der Waals surface area contributed by atoms with Crippen LogP contribution in [-0.4, -0.2) is 23.7 Å². The number of hydrogen-bond acceptors (Lipinski definition) is 4. The highest BCUT2D eigenvalue weighted by Crippen LogP contribution is 2.22. The number of halogens is 1. The van der Waals surface area contributed by atoms with Crippen LogP contribution in [0, 0.1) is 0 Å². The lowest BCUT2D eigenvalue weighted by molar-refractivity contribution is -0.123. The lowest BCUT2D eigenvalue weighted by atomic mass is 10.3. The van der Waals surface area contributed by atoms with Gasteiger partial charge in [0.2, 0.25) is 0 Å². The zero-order valence-electron chi connectivity index (χ0n) is 10.5. The predicted octanol–water partition coefficient (Wildman–Crippen LogP) is 2.26. The number of para-hydroxylation sites is 1. The van der Waals surface area contributed by atoms with Crippen LogP contribution in [0.25, 0.3) is 0 Å². The van der Waals surface area contributed by atoms with E-state index in [9.17, 15) is 4.79 Å². The Morgan fingerprint density at radius 2 is 2.20 bits per heavy atom. The predicted molar refractivity (Wildman–Crippen MR) is 76.9 cm³/mol. The number of pyridine rings is 1. The van der Waals surface area contributed by atoms with Gasteiger partial charge in [-0.1, -0.05) is 29.8 Å². The van der Waals surface area contributed by atoms with Gasteiger partial charge in [-0.25, -0.2) is 5.43 Å². The van der Waals surface area contributed by atoms with Crippen LogP contribution in [0.2, 0.25) is 5.02 Å². The number of nitrogens with one attached hydrogen (secondary N) is 1. The maximum absolute atomic E-state index is 11.5. The largest absolute Gasteiger partial charge is 0.482 e. The highest BCUT2D eigenvalue weighted by Gasteiger charge is 2.03. The Kier molecular flexibility index (Phi) is 5.08. The molecule has 20 heavy (non-hydrogen) atoms. The molecule has 0 saturated carbocycles. The van der Waals surface area contributed by atoms with Crippen LogP contribution in [0.3, 0.4) is 0 Å². The molecule has 0 aliphatic carbocycles. The van der Waals surface area contributed by atoms with Crippen molar-refractivity contribution in [3.8, 4) is 5.75 Å². The second-order valence-corrected chi connectivity index (χ2v) is 4.21. The van der Waals surface area contributed by atoms with Crippen LogP contribution in [-0.2, 0) is 4.79 Å². The molecule has 2 aromatic rings. The molecular formula is C14H12ClN3O2. The number of hydrazone groups is 1. The third kappa shape index (κ3) is 4.37.